The fraction of sp³-hybridized carbons (Fsp3) is 0. The van der Waals surface area contributed by atoms with Crippen LogP contribution in [0.5, 0.6) is 0 Å². The average Bonchev–Trinajstić information content (AvgIpc) is 2.72. The first-order valence-corrected chi connectivity index (χ1v) is 3.92. The summed E-state index contributed by atoms with van der Waals surface area (Å²) in [4.78, 5) is 25.4. The third kappa shape index (κ3) is 1.74. The summed E-state index contributed by atoms with van der Waals surface area (Å²) in [7, 11) is 0. The van der Waals surface area contributed by atoms with Gasteiger partial charge in [0.25, 0.3) is 5.91 Å². The van der Waals surface area contributed by atoms with Gasteiger partial charge in [0.05, 0.1) is 18.1 Å². The molecule has 0 unspecified atom stereocenters. The summed E-state index contributed by atoms with van der Waals surface area (Å²) in [5.41, 5.74) is 0.536. The Hall–Kier alpha value is -2.24. The molecule has 2 rings (SSSR count). The van der Waals surface area contributed by atoms with Gasteiger partial charge in [0.15, 0.2) is 5.82 Å². The zero-order chi connectivity index (χ0) is 9.80. The number of nitrogens with one attached hydrogen (secondary N) is 2. The van der Waals surface area contributed by atoms with E-state index in [-0.39, 0.29) is 11.7 Å². The minimum absolute atomic E-state index is 0.258. The van der Waals surface area contributed by atoms with E-state index in [1.165, 1.54) is 24.9 Å². The van der Waals surface area contributed by atoms with Crippen LogP contribution < -0.4 is 5.32 Å². The van der Waals surface area contributed by atoms with E-state index < -0.39 is 0 Å². The lowest BCUT2D eigenvalue weighted by Crippen LogP contribution is -2.13. The maximum Gasteiger partial charge on any atom is 0.291 e. The first-order valence-electron chi connectivity index (χ1n) is 3.92. The molecule has 0 saturated carbocycles. The number of aromatic nitrogens is 4. The molecule has 0 aliphatic rings. The van der Waals surface area contributed by atoms with Crippen molar-refractivity contribution in [1.82, 2.24) is 19.9 Å². The minimum Gasteiger partial charge on any atom is -0.341 e. The highest BCUT2D eigenvalue weighted by Gasteiger charge is 2.07. The van der Waals surface area contributed by atoms with Gasteiger partial charge in [-0.2, -0.15) is 0 Å². The van der Waals surface area contributed by atoms with Gasteiger partial charge in [0.1, 0.15) is 6.33 Å². The van der Waals surface area contributed by atoms with Gasteiger partial charge in [-0.15, -0.1) is 0 Å². The number of nitrogens with zero attached hydrogens (tertiary/aromatic N) is 3. The summed E-state index contributed by atoms with van der Waals surface area (Å²) < 4.78 is 0. The van der Waals surface area contributed by atoms with Crippen LogP contribution in [0.2, 0.25) is 0 Å². The summed E-state index contributed by atoms with van der Waals surface area (Å²) in [5, 5.41) is 2.59. The molecule has 70 valence electrons. The third-order valence-corrected chi connectivity index (χ3v) is 1.53. The predicted molar refractivity (Wildman–Crippen MR) is 48.6 cm³/mol. The van der Waals surface area contributed by atoms with Crippen LogP contribution in [0.25, 0.3) is 0 Å². The van der Waals surface area contributed by atoms with Crippen LogP contribution in [0, 0.1) is 0 Å². The van der Waals surface area contributed by atoms with Gasteiger partial charge in [0, 0.05) is 12.4 Å². The lowest BCUT2D eigenvalue weighted by atomic mass is 10.5. The van der Waals surface area contributed by atoms with Crippen molar-refractivity contribution < 1.29 is 4.79 Å². The lowest BCUT2D eigenvalue weighted by Gasteiger charge is -2.00. The molecule has 0 atom stereocenters. The van der Waals surface area contributed by atoms with Crippen LogP contribution in [0.1, 0.15) is 10.6 Å². The molecule has 0 aliphatic heterocycles. The standard InChI is InChI=1S/C8H7N5O/c14-8(7-11-1-2-12-7)13-6-3-9-5-10-4-6/h1-5H,(H,11,12)(H,13,14). The molecule has 0 aliphatic carbocycles. The molecule has 0 saturated heterocycles. The highest BCUT2D eigenvalue weighted by atomic mass is 16.2. The van der Waals surface area contributed by atoms with Crippen molar-refractivity contribution in [2.45, 2.75) is 0 Å². The number of carbonyl (C=O) groups is 1. The molecule has 6 nitrogen and oxygen atoms in total. The summed E-state index contributed by atoms with van der Waals surface area (Å²) >= 11 is 0. The summed E-state index contributed by atoms with van der Waals surface area (Å²) in [6, 6.07) is 0. The Balaban J connectivity index is 2.10. The fourth-order valence-corrected chi connectivity index (χ4v) is 0.943. The Morgan fingerprint density at radius 2 is 2.14 bits per heavy atom. The number of H-pyrrole nitrogens is 1. The fourth-order valence-electron chi connectivity index (χ4n) is 0.943. The molecule has 0 aromatic carbocycles. The topological polar surface area (TPSA) is 83.6 Å². The molecule has 1 amide bonds. The van der Waals surface area contributed by atoms with Crippen molar-refractivity contribution in [2.24, 2.45) is 0 Å². The van der Waals surface area contributed by atoms with Crippen LogP contribution in [0.15, 0.2) is 31.1 Å². The molecular formula is C8H7N5O. The molecule has 0 radical (unpaired) electrons. The number of rotatable bonds is 2. The quantitative estimate of drug-likeness (QED) is 0.718. The van der Waals surface area contributed by atoms with E-state index in [0.29, 0.717) is 5.69 Å². The minimum atomic E-state index is -0.315. The zero-order valence-corrected chi connectivity index (χ0v) is 7.14. The predicted octanol–water partition coefficient (Wildman–Crippen LogP) is 0.452. The molecule has 0 fully saturated rings. The molecule has 2 aromatic rings. The van der Waals surface area contributed by atoms with Crippen molar-refractivity contribution in [2.75, 3.05) is 5.32 Å². The maximum absolute atomic E-state index is 11.4. The van der Waals surface area contributed by atoms with Crippen molar-refractivity contribution >= 4 is 11.6 Å². The third-order valence-electron chi connectivity index (χ3n) is 1.53. The van der Waals surface area contributed by atoms with E-state index in [2.05, 4.69) is 25.3 Å². The Bertz CT molecular complexity index is 411. The van der Waals surface area contributed by atoms with Gasteiger partial charge in [0.2, 0.25) is 0 Å². The lowest BCUT2D eigenvalue weighted by molar-refractivity contribution is 0.101. The second kappa shape index (κ2) is 3.65. The Morgan fingerprint density at radius 1 is 1.36 bits per heavy atom. The Morgan fingerprint density at radius 3 is 2.79 bits per heavy atom. The highest BCUT2D eigenvalue weighted by Crippen LogP contribution is 2.02. The number of hydrogen-bond acceptors (Lipinski definition) is 4. The largest absolute Gasteiger partial charge is 0.341 e. The second-order valence-electron chi connectivity index (χ2n) is 2.52. The highest BCUT2D eigenvalue weighted by molar-refractivity contribution is 6.01. The van der Waals surface area contributed by atoms with Crippen molar-refractivity contribution in [3.8, 4) is 0 Å². The molecule has 2 heterocycles. The van der Waals surface area contributed by atoms with Crippen LogP contribution >= 0.6 is 0 Å². The van der Waals surface area contributed by atoms with Crippen molar-refractivity contribution in [3.05, 3.63) is 36.9 Å². The first kappa shape index (κ1) is 8.36. The van der Waals surface area contributed by atoms with Gasteiger partial charge in [-0.05, 0) is 0 Å². The van der Waals surface area contributed by atoms with Crippen molar-refractivity contribution in [3.63, 3.8) is 0 Å². The number of amides is 1. The molecule has 6 heteroatoms. The number of aromatic amines is 1. The normalized spacial score (nSPS) is 9.71. The number of hydrogen-bond donors (Lipinski definition) is 2. The zero-order valence-electron chi connectivity index (χ0n) is 7.14. The van der Waals surface area contributed by atoms with E-state index in [9.17, 15) is 4.79 Å². The molecule has 14 heavy (non-hydrogen) atoms. The molecular weight excluding hydrogens is 182 g/mol. The number of imidazole rings is 1. The van der Waals surface area contributed by atoms with Crippen LogP contribution in [0.4, 0.5) is 5.69 Å². The molecule has 0 bridgehead atoms. The molecule has 0 spiro atoms. The Labute approximate surface area is 79.4 Å². The number of carbonyl (C=O) groups excluding carboxylic acids is 1. The van der Waals surface area contributed by atoms with Crippen LogP contribution in [0.3, 0.4) is 0 Å². The first-order chi connectivity index (χ1) is 6.86. The van der Waals surface area contributed by atoms with E-state index in [1.54, 1.807) is 6.20 Å². The maximum atomic E-state index is 11.4. The van der Waals surface area contributed by atoms with Gasteiger partial charge < -0.3 is 10.3 Å². The molecule has 2 aromatic heterocycles. The van der Waals surface area contributed by atoms with Crippen LogP contribution in [-0.2, 0) is 0 Å². The summed E-state index contributed by atoms with van der Waals surface area (Å²) in [5.74, 6) is -0.0568. The monoisotopic (exact) mass is 189 g/mol. The van der Waals surface area contributed by atoms with Crippen LogP contribution in [-0.4, -0.2) is 25.8 Å². The van der Waals surface area contributed by atoms with Gasteiger partial charge in [-0.1, -0.05) is 0 Å². The van der Waals surface area contributed by atoms with E-state index in [1.807, 2.05) is 0 Å². The summed E-state index contributed by atoms with van der Waals surface area (Å²) in [6.45, 7) is 0. The average molecular weight is 189 g/mol. The SMILES string of the molecule is O=C(Nc1cncnc1)c1ncc[nH]1. The molecule has 2 N–H and O–H groups in total. The van der Waals surface area contributed by atoms with E-state index >= 15 is 0 Å². The van der Waals surface area contributed by atoms with Gasteiger partial charge in [-0.3, -0.25) is 4.79 Å². The van der Waals surface area contributed by atoms with Gasteiger partial charge >= 0.3 is 0 Å². The number of anilines is 1. The van der Waals surface area contributed by atoms with Gasteiger partial charge in [-0.25, -0.2) is 15.0 Å². The smallest absolute Gasteiger partial charge is 0.291 e. The second-order valence-corrected chi connectivity index (χ2v) is 2.52. The van der Waals surface area contributed by atoms with E-state index in [4.69, 9.17) is 0 Å². The van der Waals surface area contributed by atoms with E-state index in [0.717, 1.165) is 0 Å². The Kier molecular flexibility index (Phi) is 2.18. The van der Waals surface area contributed by atoms with Crippen molar-refractivity contribution in [1.29, 1.82) is 0 Å². The summed E-state index contributed by atoms with van der Waals surface area (Å²) in [6.07, 6.45) is 7.50.